The van der Waals surface area contributed by atoms with E-state index in [2.05, 4.69) is 5.10 Å². The van der Waals surface area contributed by atoms with Crippen molar-refractivity contribution in [3.63, 3.8) is 0 Å². The first-order valence-corrected chi connectivity index (χ1v) is 8.48. The maximum atomic E-state index is 11.5. The molecule has 0 aliphatic heterocycles. The van der Waals surface area contributed by atoms with E-state index in [0.717, 1.165) is 18.4 Å². The second-order valence-corrected chi connectivity index (χ2v) is 7.00. The molecule has 21 heavy (non-hydrogen) atoms. The Morgan fingerprint density at radius 1 is 1.33 bits per heavy atom. The molecule has 0 bridgehead atoms. The number of aromatic carboxylic acids is 1. The van der Waals surface area contributed by atoms with Crippen LogP contribution in [0.15, 0.2) is 17.6 Å². The number of rotatable bonds is 3. The SMILES string of the molecule is O=C(O)c1cn(C2CCCCCC2)nc1-c1csc(Cl)c1. The topological polar surface area (TPSA) is 55.1 Å². The van der Waals surface area contributed by atoms with Crippen LogP contribution in [0, 0.1) is 0 Å². The van der Waals surface area contributed by atoms with Crippen LogP contribution < -0.4 is 0 Å². The largest absolute Gasteiger partial charge is 0.478 e. The number of carbonyl (C=O) groups is 1. The first-order valence-electron chi connectivity index (χ1n) is 7.22. The smallest absolute Gasteiger partial charge is 0.339 e. The first-order chi connectivity index (χ1) is 10.1. The van der Waals surface area contributed by atoms with Crippen LogP contribution in [0.25, 0.3) is 11.3 Å². The molecule has 1 aliphatic rings. The summed E-state index contributed by atoms with van der Waals surface area (Å²) in [5.41, 5.74) is 1.57. The number of carboxylic acids is 1. The highest BCUT2D eigenvalue weighted by Crippen LogP contribution is 2.33. The summed E-state index contributed by atoms with van der Waals surface area (Å²) in [4.78, 5) is 11.5. The first kappa shape index (κ1) is 14.6. The molecule has 0 amide bonds. The molecule has 1 N–H and O–H groups in total. The summed E-state index contributed by atoms with van der Waals surface area (Å²) < 4.78 is 2.50. The molecular weight excluding hydrogens is 308 g/mol. The molecule has 2 aromatic heterocycles. The number of carboxylic acid groups (broad SMARTS) is 1. The van der Waals surface area contributed by atoms with Gasteiger partial charge in [-0.2, -0.15) is 5.10 Å². The number of aromatic nitrogens is 2. The maximum Gasteiger partial charge on any atom is 0.339 e. The zero-order valence-corrected chi connectivity index (χ0v) is 13.2. The van der Waals surface area contributed by atoms with Crippen molar-refractivity contribution in [3.05, 3.63) is 27.5 Å². The van der Waals surface area contributed by atoms with E-state index < -0.39 is 5.97 Å². The van der Waals surface area contributed by atoms with Crippen LogP contribution in [0.3, 0.4) is 0 Å². The van der Waals surface area contributed by atoms with Gasteiger partial charge in [0.1, 0.15) is 11.3 Å². The average molecular weight is 325 g/mol. The Morgan fingerprint density at radius 2 is 2.05 bits per heavy atom. The average Bonchev–Trinajstić information content (AvgIpc) is 2.98. The van der Waals surface area contributed by atoms with Crippen LogP contribution in [0.4, 0.5) is 0 Å². The fourth-order valence-corrected chi connectivity index (χ4v) is 3.77. The zero-order valence-electron chi connectivity index (χ0n) is 11.6. The van der Waals surface area contributed by atoms with Gasteiger partial charge in [-0.1, -0.05) is 37.3 Å². The van der Waals surface area contributed by atoms with Crippen molar-refractivity contribution in [1.82, 2.24) is 9.78 Å². The van der Waals surface area contributed by atoms with Crippen LogP contribution >= 0.6 is 22.9 Å². The van der Waals surface area contributed by atoms with E-state index in [1.165, 1.54) is 37.0 Å². The molecule has 1 saturated carbocycles. The van der Waals surface area contributed by atoms with Crippen molar-refractivity contribution < 1.29 is 9.90 Å². The molecule has 112 valence electrons. The van der Waals surface area contributed by atoms with Gasteiger partial charge in [0.05, 0.1) is 10.4 Å². The van der Waals surface area contributed by atoms with Gasteiger partial charge in [-0.05, 0) is 18.9 Å². The minimum Gasteiger partial charge on any atom is -0.478 e. The van der Waals surface area contributed by atoms with E-state index in [4.69, 9.17) is 11.6 Å². The second kappa shape index (κ2) is 6.20. The van der Waals surface area contributed by atoms with Crippen molar-refractivity contribution >= 4 is 28.9 Å². The lowest BCUT2D eigenvalue weighted by atomic mass is 10.1. The number of hydrogen-bond donors (Lipinski definition) is 1. The Morgan fingerprint density at radius 3 is 2.62 bits per heavy atom. The Balaban J connectivity index is 1.97. The van der Waals surface area contributed by atoms with Gasteiger partial charge < -0.3 is 5.11 Å². The van der Waals surface area contributed by atoms with Gasteiger partial charge in [0.25, 0.3) is 0 Å². The summed E-state index contributed by atoms with van der Waals surface area (Å²) in [5.74, 6) is -0.938. The molecule has 2 heterocycles. The van der Waals surface area contributed by atoms with E-state index in [1.807, 2.05) is 10.1 Å². The second-order valence-electron chi connectivity index (χ2n) is 5.46. The lowest BCUT2D eigenvalue weighted by Crippen LogP contribution is -2.08. The maximum absolute atomic E-state index is 11.5. The van der Waals surface area contributed by atoms with E-state index in [1.54, 1.807) is 12.3 Å². The van der Waals surface area contributed by atoms with Gasteiger partial charge in [0.15, 0.2) is 0 Å². The van der Waals surface area contributed by atoms with E-state index in [9.17, 15) is 9.90 Å². The fourth-order valence-electron chi connectivity index (χ4n) is 2.91. The molecule has 0 spiro atoms. The standard InChI is InChI=1S/C15H17ClN2O2S/c16-13-7-10(9-21-13)14-12(15(19)20)8-18(17-14)11-5-3-1-2-4-6-11/h7-9,11H,1-6H2,(H,19,20). The molecule has 4 nitrogen and oxygen atoms in total. The lowest BCUT2D eigenvalue weighted by Gasteiger charge is -2.14. The molecule has 1 fully saturated rings. The fraction of sp³-hybridized carbons (Fsp3) is 0.467. The molecule has 0 atom stereocenters. The third-order valence-electron chi connectivity index (χ3n) is 4.00. The van der Waals surface area contributed by atoms with Crippen molar-refractivity contribution in [2.45, 2.75) is 44.6 Å². The minimum absolute atomic E-state index is 0.258. The molecule has 2 aromatic rings. The summed E-state index contributed by atoms with van der Waals surface area (Å²) in [7, 11) is 0. The van der Waals surface area contributed by atoms with Gasteiger partial charge in [0.2, 0.25) is 0 Å². The third kappa shape index (κ3) is 3.14. The van der Waals surface area contributed by atoms with Crippen molar-refractivity contribution in [2.24, 2.45) is 0 Å². The normalized spacial score (nSPS) is 16.8. The summed E-state index contributed by atoms with van der Waals surface area (Å²) in [6.45, 7) is 0. The van der Waals surface area contributed by atoms with Crippen molar-refractivity contribution in [3.8, 4) is 11.3 Å². The van der Waals surface area contributed by atoms with Gasteiger partial charge in [-0.15, -0.1) is 11.3 Å². The quantitative estimate of drug-likeness (QED) is 0.820. The van der Waals surface area contributed by atoms with Crippen LogP contribution in [0.2, 0.25) is 4.34 Å². The Hall–Kier alpha value is -1.33. The van der Waals surface area contributed by atoms with Gasteiger partial charge in [-0.3, -0.25) is 4.68 Å². The van der Waals surface area contributed by atoms with Crippen molar-refractivity contribution in [1.29, 1.82) is 0 Å². The lowest BCUT2D eigenvalue weighted by molar-refractivity contribution is 0.0697. The van der Waals surface area contributed by atoms with Crippen LogP contribution in [-0.4, -0.2) is 20.9 Å². The van der Waals surface area contributed by atoms with Crippen molar-refractivity contribution in [2.75, 3.05) is 0 Å². The van der Waals surface area contributed by atoms with Gasteiger partial charge in [-0.25, -0.2) is 4.79 Å². The number of nitrogens with zero attached hydrogens (tertiary/aromatic N) is 2. The highest BCUT2D eigenvalue weighted by atomic mass is 35.5. The third-order valence-corrected chi connectivity index (χ3v) is 5.09. The summed E-state index contributed by atoms with van der Waals surface area (Å²) in [6, 6.07) is 2.09. The molecule has 0 saturated heterocycles. The molecule has 6 heteroatoms. The Kier molecular flexibility index (Phi) is 4.31. The van der Waals surface area contributed by atoms with Crippen LogP contribution in [0.5, 0.6) is 0 Å². The summed E-state index contributed by atoms with van der Waals surface area (Å²) >= 11 is 7.35. The molecule has 0 aromatic carbocycles. The Bertz CT molecular complexity index is 642. The monoisotopic (exact) mass is 324 g/mol. The van der Waals surface area contributed by atoms with E-state index >= 15 is 0 Å². The van der Waals surface area contributed by atoms with Crippen LogP contribution in [-0.2, 0) is 0 Å². The van der Waals surface area contributed by atoms with Crippen LogP contribution in [0.1, 0.15) is 54.9 Å². The molecule has 1 aliphatic carbocycles. The number of halogens is 1. The number of hydrogen-bond acceptors (Lipinski definition) is 3. The van der Waals surface area contributed by atoms with Gasteiger partial charge in [0, 0.05) is 17.1 Å². The molecule has 0 unspecified atom stereocenters. The van der Waals surface area contributed by atoms with E-state index in [-0.39, 0.29) is 5.56 Å². The van der Waals surface area contributed by atoms with E-state index in [0.29, 0.717) is 16.1 Å². The van der Waals surface area contributed by atoms with Gasteiger partial charge >= 0.3 is 5.97 Å². The molecule has 3 rings (SSSR count). The zero-order chi connectivity index (χ0) is 14.8. The summed E-state index contributed by atoms with van der Waals surface area (Å²) in [6.07, 6.45) is 8.72. The predicted molar refractivity (Wildman–Crippen MR) is 84.2 cm³/mol. The Labute approximate surface area is 132 Å². The minimum atomic E-state index is -0.938. The highest BCUT2D eigenvalue weighted by Gasteiger charge is 2.22. The molecular formula is C15H17ClN2O2S. The predicted octanol–water partition coefficient (Wildman–Crippen LogP) is 4.86. The number of thiophene rings is 1. The molecule has 0 radical (unpaired) electrons. The highest BCUT2D eigenvalue weighted by molar-refractivity contribution is 7.14. The summed E-state index contributed by atoms with van der Waals surface area (Å²) in [5, 5.41) is 15.8.